The van der Waals surface area contributed by atoms with Crippen LogP contribution in [0.15, 0.2) is 58.4 Å². The molecule has 0 saturated carbocycles. The van der Waals surface area contributed by atoms with Gasteiger partial charge in [-0.1, -0.05) is 35.5 Å². The molecule has 2 aromatic heterocycles. The number of hydrogen-bond acceptors (Lipinski definition) is 5. The third kappa shape index (κ3) is 3.11. The molecule has 4 rings (SSSR count). The Labute approximate surface area is 154 Å². The van der Waals surface area contributed by atoms with Crippen LogP contribution in [0.4, 0.5) is 0 Å². The van der Waals surface area contributed by atoms with E-state index in [9.17, 15) is 4.79 Å². The number of nitrogens with one attached hydrogen (secondary N) is 1. The van der Waals surface area contributed by atoms with Gasteiger partial charge in [0.25, 0.3) is 5.91 Å². The van der Waals surface area contributed by atoms with Gasteiger partial charge in [-0.05, 0) is 32.0 Å². The number of thiazole rings is 1. The molecule has 2 heterocycles. The van der Waals surface area contributed by atoms with E-state index in [0.29, 0.717) is 16.8 Å². The van der Waals surface area contributed by atoms with Gasteiger partial charge in [0.2, 0.25) is 0 Å². The monoisotopic (exact) mass is 363 g/mol. The lowest BCUT2D eigenvalue weighted by Gasteiger charge is -2.07. The van der Waals surface area contributed by atoms with Crippen LogP contribution in [0.1, 0.15) is 24.2 Å². The molecule has 5 nitrogen and oxygen atoms in total. The van der Waals surface area contributed by atoms with Crippen LogP contribution in [0.5, 0.6) is 0 Å². The summed E-state index contributed by atoms with van der Waals surface area (Å²) in [6.45, 7) is 3.86. The van der Waals surface area contributed by atoms with E-state index in [1.807, 2.05) is 49.6 Å². The highest BCUT2D eigenvalue weighted by Crippen LogP contribution is 2.32. The van der Waals surface area contributed by atoms with Gasteiger partial charge in [0.1, 0.15) is 16.4 Å². The zero-order valence-electron chi connectivity index (χ0n) is 14.4. The van der Waals surface area contributed by atoms with Gasteiger partial charge in [-0.3, -0.25) is 4.79 Å². The van der Waals surface area contributed by atoms with E-state index in [2.05, 4.69) is 10.5 Å². The van der Waals surface area contributed by atoms with E-state index in [0.717, 1.165) is 21.7 Å². The molecule has 0 aliphatic rings. The van der Waals surface area contributed by atoms with Crippen LogP contribution in [-0.2, 0) is 0 Å². The molecule has 0 aliphatic carbocycles. The lowest BCUT2D eigenvalue weighted by molar-refractivity contribution is 0.0943. The van der Waals surface area contributed by atoms with Crippen LogP contribution < -0.4 is 5.32 Å². The van der Waals surface area contributed by atoms with Crippen molar-refractivity contribution in [2.75, 3.05) is 0 Å². The van der Waals surface area contributed by atoms with Gasteiger partial charge in [-0.2, -0.15) is 0 Å². The minimum atomic E-state index is -0.114. The maximum atomic E-state index is 12.3. The zero-order chi connectivity index (χ0) is 18.1. The van der Waals surface area contributed by atoms with Crippen LogP contribution in [0.3, 0.4) is 0 Å². The van der Waals surface area contributed by atoms with E-state index in [1.165, 1.54) is 0 Å². The van der Waals surface area contributed by atoms with Crippen molar-refractivity contribution in [3.8, 4) is 22.0 Å². The molecule has 0 aliphatic heterocycles. The van der Waals surface area contributed by atoms with Crippen molar-refractivity contribution in [3.05, 3.63) is 59.5 Å². The van der Waals surface area contributed by atoms with Crippen molar-refractivity contribution < 1.29 is 9.32 Å². The van der Waals surface area contributed by atoms with Crippen molar-refractivity contribution in [1.29, 1.82) is 0 Å². The van der Waals surface area contributed by atoms with E-state index in [4.69, 9.17) is 9.51 Å². The van der Waals surface area contributed by atoms with Crippen LogP contribution in [0.25, 0.3) is 32.9 Å². The van der Waals surface area contributed by atoms with Crippen molar-refractivity contribution >= 4 is 28.2 Å². The van der Waals surface area contributed by atoms with Crippen molar-refractivity contribution in [3.63, 3.8) is 0 Å². The first-order chi connectivity index (χ1) is 12.6. The van der Waals surface area contributed by atoms with Crippen molar-refractivity contribution in [2.24, 2.45) is 0 Å². The standard InChI is InChI=1S/C20H17N3O2S/c1-12(2)21-19(24)14-8-9-17-15(10-14)18(23-25-17)16-11-26-20(22-16)13-6-4-3-5-7-13/h3-12H,1-2H3,(H,21,24). The van der Waals surface area contributed by atoms with E-state index in [1.54, 1.807) is 29.5 Å². The van der Waals surface area contributed by atoms with Gasteiger partial charge < -0.3 is 9.84 Å². The summed E-state index contributed by atoms with van der Waals surface area (Å²) in [7, 11) is 0. The summed E-state index contributed by atoms with van der Waals surface area (Å²) >= 11 is 1.56. The van der Waals surface area contributed by atoms with E-state index in [-0.39, 0.29) is 11.9 Å². The smallest absolute Gasteiger partial charge is 0.251 e. The molecule has 0 bridgehead atoms. The molecule has 0 radical (unpaired) electrons. The molecule has 2 aromatic carbocycles. The van der Waals surface area contributed by atoms with Gasteiger partial charge in [-0.25, -0.2) is 4.98 Å². The van der Waals surface area contributed by atoms with Crippen LogP contribution in [0.2, 0.25) is 0 Å². The molecule has 0 saturated heterocycles. The fourth-order valence-corrected chi connectivity index (χ4v) is 3.52. The molecule has 0 atom stereocenters. The topological polar surface area (TPSA) is 68.0 Å². The van der Waals surface area contributed by atoms with Gasteiger partial charge in [-0.15, -0.1) is 11.3 Å². The van der Waals surface area contributed by atoms with Crippen molar-refractivity contribution in [1.82, 2.24) is 15.5 Å². The van der Waals surface area contributed by atoms with E-state index < -0.39 is 0 Å². The maximum Gasteiger partial charge on any atom is 0.251 e. The Kier molecular flexibility index (Phi) is 4.26. The quantitative estimate of drug-likeness (QED) is 0.568. The van der Waals surface area contributed by atoms with Crippen LogP contribution >= 0.6 is 11.3 Å². The molecule has 130 valence electrons. The molecule has 26 heavy (non-hydrogen) atoms. The molecule has 4 aromatic rings. The molecule has 1 N–H and O–H groups in total. The van der Waals surface area contributed by atoms with Gasteiger partial charge in [0.05, 0.1) is 5.39 Å². The third-order valence-corrected chi connectivity index (χ3v) is 4.81. The number of aromatic nitrogens is 2. The highest BCUT2D eigenvalue weighted by molar-refractivity contribution is 7.13. The fraction of sp³-hybridized carbons (Fsp3) is 0.150. The predicted molar refractivity (Wildman–Crippen MR) is 103 cm³/mol. The SMILES string of the molecule is CC(C)NC(=O)c1ccc2onc(-c3csc(-c4ccccc4)n3)c2c1. The number of rotatable bonds is 4. The number of carbonyl (C=O) groups is 1. The largest absolute Gasteiger partial charge is 0.356 e. The molecule has 0 unspecified atom stereocenters. The number of carbonyl (C=O) groups excluding carboxylic acids is 1. The average Bonchev–Trinajstić information content (AvgIpc) is 3.28. The maximum absolute atomic E-state index is 12.3. The average molecular weight is 363 g/mol. The van der Waals surface area contributed by atoms with Gasteiger partial charge in [0.15, 0.2) is 5.58 Å². The molecular formula is C20H17N3O2S. The second-order valence-electron chi connectivity index (χ2n) is 6.27. The Hall–Kier alpha value is -2.99. The number of nitrogens with zero attached hydrogens (tertiary/aromatic N) is 2. The summed E-state index contributed by atoms with van der Waals surface area (Å²) in [5, 5.41) is 10.7. The normalized spacial score (nSPS) is 11.2. The van der Waals surface area contributed by atoms with Gasteiger partial charge >= 0.3 is 0 Å². The van der Waals surface area contributed by atoms with Crippen molar-refractivity contribution in [2.45, 2.75) is 19.9 Å². The lowest BCUT2D eigenvalue weighted by atomic mass is 10.1. The molecule has 6 heteroatoms. The second-order valence-corrected chi connectivity index (χ2v) is 7.13. The third-order valence-electron chi connectivity index (χ3n) is 3.92. The summed E-state index contributed by atoms with van der Waals surface area (Å²) in [5.74, 6) is -0.114. The first-order valence-corrected chi connectivity index (χ1v) is 9.21. The minimum absolute atomic E-state index is 0.0760. The summed E-state index contributed by atoms with van der Waals surface area (Å²) < 4.78 is 5.42. The highest BCUT2D eigenvalue weighted by Gasteiger charge is 2.17. The van der Waals surface area contributed by atoms with Crippen LogP contribution in [0, 0.1) is 0 Å². The second kappa shape index (κ2) is 6.72. The molecule has 1 amide bonds. The Morgan fingerprint density at radius 2 is 1.96 bits per heavy atom. The fourth-order valence-electron chi connectivity index (χ4n) is 2.71. The Morgan fingerprint density at radius 1 is 1.15 bits per heavy atom. The number of benzene rings is 2. The lowest BCUT2D eigenvalue weighted by Crippen LogP contribution is -2.29. The van der Waals surface area contributed by atoms with Gasteiger partial charge in [0, 0.05) is 22.5 Å². The zero-order valence-corrected chi connectivity index (χ0v) is 15.2. The first kappa shape index (κ1) is 16.5. The molecule has 0 fully saturated rings. The number of hydrogen-bond donors (Lipinski definition) is 1. The van der Waals surface area contributed by atoms with Crippen LogP contribution in [-0.4, -0.2) is 22.1 Å². The Morgan fingerprint density at radius 3 is 2.73 bits per heavy atom. The molecular weight excluding hydrogens is 346 g/mol. The number of amides is 1. The summed E-state index contributed by atoms with van der Waals surface area (Å²) in [5.41, 5.74) is 3.67. The first-order valence-electron chi connectivity index (χ1n) is 8.33. The predicted octanol–water partition coefficient (Wildman–Crippen LogP) is 4.76. The summed E-state index contributed by atoms with van der Waals surface area (Å²) in [4.78, 5) is 17.0. The molecule has 0 spiro atoms. The summed E-state index contributed by atoms with van der Waals surface area (Å²) in [6.07, 6.45) is 0. The Balaban J connectivity index is 1.73. The minimum Gasteiger partial charge on any atom is -0.356 e. The summed E-state index contributed by atoms with van der Waals surface area (Å²) in [6, 6.07) is 15.4. The highest BCUT2D eigenvalue weighted by atomic mass is 32.1. The Bertz CT molecular complexity index is 1070. The van der Waals surface area contributed by atoms with E-state index >= 15 is 0 Å². The number of fused-ring (bicyclic) bond motifs is 1.